The van der Waals surface area contributed by atoms with Crippen LogP contribution in [-0.4, -0.2) is 63.5 Å². The summed E-state index contributed by atoms with van der Waals surface area (Å²) >= 11 is 0. The molecule has 7 heteroatoms. The standard InChI is InChI=1S/C17H28N4O3/c1-17(2,21-7-9-24-10-8-21)12-19-16(18)20-14-11-13(22-3)5-6-15(14)23-4/h5-6,11H,7-10,12H2,1-4H3,(H3,18,19,20). The molecule has 0 unspecified atom stereocenters. The molecule has 1 aliphatic heterocycles. The number of ether oxygens (including phenoxy) is 3. The lowest BCUT2D eigenvalue weighted by atomic mass is 10.0. The highest BCUT2D eigenvalue weighted by Crippen LogP contribution is 2.28. The fourth-order valence-electron chi connectivity index (χ4n) is 2.64. The number of guanidine groups is 1. The smallest absolute Gasteiger partial charge is 0.193 e. The van der Waals surface area contributed by atoms with Gasteiger partial charge < -0.3 is 25.3 Å². The molecule has 1 aromatic rings. The number of rotatable bonds is 6. The van der Waals surface area contributed by atoms with Crippen molar-refractivity contribution < 1.29 is 14.2 Å². The Morgan fingerprint density at radius 2 is 2.00 bits per heavy atom. The first-order valence-electron chi connectivity index (χ1n) is 8.08. The van der Waals surface area contributed by atoms with Gasteiger partial charge in [-0.15, -0.1) is 0 Å². The average Bonchev–Trinajstić information content (AvgIpc) is 2.60. The Labute approximate surface area is 143 Å². The Hall–Kier alpha value is -1.99. The van der Waals surface area contributed by atoms with Gasteiger partial charge in [-0.3, -0.25) is 9.89 Å². The van der Waals surface area contributed by atoms with Gasteiger partial charge in [-0.1, -0.05) is 0 Å². The highest BCUT2D eigenvalue weighted by molar-refractivity contribution is 5.94. The minimum atomic E-state index is -0.0749. The van der Waals surface area contributed by atoms with E-state index in [1.165, 1.54) is 0 Å². The van der Waals surface area contributed by atoms with Gasteiger partial charge in [-0.25, -0.2) is 0 Å². The number of benzene rings is 1. The van der Waals surface area contributed by atoms with Crippen LogP contribution in [0, 0.1) is 0 Å². The molecule has 1 saturated heterocycles. The molecule has 0 amide bonds. The Balaban J connectivity index is 2.03. The van der Waals surface area contributed by atoms with Crippen molar-refractivity contribution in [2.24, 2.45) is 10.7 Å². The van der Waals surface area contributed by atoms with Crippen molar-refractivity contribution in [2.75, 3.05) is 52.4 Å². The van der Waals surface area contributed by atoms with Crippen LogP contribution in [0.1, 0.15) is 13.8 Å². The first-order valence-corrected chi connectivity index (χ1v) is 8.08. The maximum Gasteiger partial charge on any atom is 0.193 e. The second-order valence-corrected chi connectivity index (χ2v) is 6.30. The van der Waals surface area contributed by atoms with E-state index >= 15 is 0 Å². The summed E-state index contributed by atoms with van der Waals surface area (Å²) in [6.45, 7) is 8.30. The first-order chi connectivity index (χ1) is 11.5. The van der Waals surface area contributed by atoms with E-state index in [4.69, 9.17) is 19.9 Å². The zero-order chi connectivity index (χ0) is 17.6. The van der Waals surface area contributed by atoms with E-state index < -0.39 is 0 Å². The molecule has 0 spiro atoms. The lowest BCUT2D eigenvalue weighted by molar-refractivity contribution is -0.00680. The average molecular weight is 336 g/mol. The van der Waals surface area contributed by atoms with Crippen molar-refractivity contribution in [1.29, 1.82) is 0 Å². The van der Waals surface area contributed by atoms with Crippen molar-refractivity contribution in [3.8, 4) is 11.5 Å². The number of aliphatic imine (C=N–C) groups is 1. The minimum absolute atomic E-state index is 0.0749. The van der Waals surface area contributed by atoms with Crippen LogP contribution in [0.25, 0.3) is 0 Å². The normalized spacial score (nSPS) is 16.8. The number of methoxy groups -OCH3 is 2. The summed E-state index contributed by atoms with van der Waals surface area (Å²) in [4.78, 5) is 6.88. The van der Waals surface area contributed by atoms with E-state index in [2.05, 4.69) is 29.1 Å². The molecule has 3 N–H and O–H groups in total. The lowest BCUT2D eigenvalue weighted by Crippen LogP contribution is -2.51. The molecular formula is C17H28N4O3. The maximum absolute atomic E-state index is 6.06. The number of hydrogen-bond acceptors (Lipinski definition) is 5. The third kappa shape index (κ3) is 4.75. The second kappa shape index (κ2) is 8.21. The number of morpholine rings is 1. The van der Waals surface area contributed by atoms with E-state index in [1.807, 2.05) is 18.2 Å². The Morgan fingerprint density at radius 3 is 2.62 bits per heavy atom. The van der Waals surface area contributed by atoms with E-state index in [0.717, 1.165) is 37.7 Å². The maximum atomic E-state index is 6.06. The molecule has 0 aromatic heterocycles. The molecule has 134 valence electrons. The van der Waals surface area contributed by atoms with Crippen LogP contribution in [0.15, 0.2) is 23.2 Å². The van der Waals surface area contributed by atoms with Crippen molar-refractivity contribution >= 4 is 11.6 Å². The molecule has 1 fully saturated rings. The highest BCUT2D eigenvalue weighted by Gasteiger charge is 2.27. The molecule has 0 radical (unpaired) electrons. The van der Waals surface area contributed by atoms with Gasteiger partial charge >= 0.3 is 0 Å². The molecule has 2 rings (SSSR count). The van der Waals surface area contributed by atoms with E-state index in [1.54, 1.807) is 14.2 Å². The van der Waals surface area contributed by atoms with Crippen LogP contribution < -0.4 is 20.5 Å². The van der Waals surface area contributed by atoms with Gasteiger partial charge in [-0.2, -0.15) is 0 Å². The van der Waals surface area contributed by atoms with Crippen LogP contribution in [0.3, 0.4) is 0 Å². The number of nitrogens with two attached hydrogens (primary N) is 1. The van der Waals surface area contributed by atoms with Crippen molar-refractivity contribution in [3.63, 3.8) is 0 Å². The molecular weight excluding hydrogens is 308 g/mol. The Bertz CT molecular complexity index is 569. The predicted molar refractivity (Wildman–Crippen MR) is 96.1 cm³/mol. The zero-order valence-corrected chi connectivity index (χ0v) is 15.0. The summed E-state index contributed by atoms with van der Waals surface area (Å²) in [6.07, 6.45) is 0. The summed E-state index contributed by atoms with van der Waals surface area (Å²) in [5, 5.41) is 3.09. The van der Waals surface area contributed by atoms with Crippen molar-refractivity contribution in [3.05, 3.63) is 18.2 Å². The van der Waals surface area contributed by atoms with Gasteiger partial charge in [0.25, 0.3) is 0 Å². The number of nitrogens with one attached hydrogen (secondary N) is 1. The summed E-state index contributed by atoms with van der Waals surface area (Å²) < 4.78 is 16.0. The fraction of sp³-hybridized carbons (Fsp3) is 0.588. The molecule has 0 saturated carbocycles. The van der Waals surface area contributed by atoms with Gasteiger partial charge in [0.2, 0.25) is 0 Å². The van der Waals surface area contributed by atoms with E-state index in [-0.39, 0.29) is 5.54 Å². The van der Waals surface area contributed by atoms with Gasteiger partial charge in [0, 0.05) is 24.7 Å². The molecule has 7 nitrogen and oxygen atoms in total. The highest BCUT2D eigenvalue weighted by atomic mass is 16.5. The predicted octanol–water partition coefficient (Wildman–Crippen LogP) is 1.54. The molecule has 1 heterocycles. The lowest BCUT2D eigenvalue weighted by Gasteiger charge is -2.39. The van der Waals surface area contributed by atoms with Crippen LogP contribution in [0.4, 0.5) is 5.69 Å². The third-order valence-electron chi connectivity index (χ3n) is 4.17. The van der Waals surface area contributed by atoms with Gasteiger partial charge in [-0.05, 0) is 26.0 Å². The van der Waals surface area contributed by atoms with Crippen LogP contribution in [-0.2, 0) is 4.74 Å². The fourth-order valence-corrected chi connectivity index (χ4v) is 2.64. The Morgan fingerprint density at radius 1 is 1.29 bits per heavy atom. The topological polar surface area (TPSA) is 81.3 Å². The molecule has 1 aliphatic rings. The zero-order valence-electron chi connectivity index (χ0n) is 15.0. The number of nitrogens with zero attached hydrogens (tertiary/aromatic N) is 2. The molecule has 1 aromatic carbocycles. The van der Waals surface area contributed by atoms with Crippen LogP contribution in [0.5, 0.6) is 11.5 Å². The van der Waals surface area contributed by atoms with Gasteiger partial charge in [0.1, 0.15) is 11.5 Å². The second-order valence-electron chi connectivity index (χ2n) is 6.30. The van der Waals surface area contributed by atoms with Gasteiger partial charge in [0.05, 0.1) is 39.7 Å². The number of anilines is 1. The van der Waals surface area contributed by atoms with Crippen molar-refractivity contribution in [2.45, 2.75) is 19.4 Å². The summed E-state index contributed by atoms with van der Waals surface area (Å²) in [7, 11) is 3.23. The van der Waals surface area contributed by atoms with E-state index in [0.29, 0.717) is 18.3 Å². The summed E-state index contributed by atoms with van der Waals surface area (Å²) in [5.41, 5.74) is 6.71. The molecule has 24 heavy (non-hydrogen) atoms. The first kappa shape index (κ1) is 18.4. The molecule has 0 atom stereocenters. The summed E-state index contributed by atoms with van der Waals surface area (Å²) in [6, 6.07) is 5.49. The Kier molecular flexibility index (Phi) is 6.28. The molecule has 0 aliphatic carbocycles. The molecule has 0 bridgehead atoms. The third-order valence-corrected chi connectivity index (χ3v) is 4.17. The van der Waals surface area contributed by atoms with Crippen LogP contribution >= 0.6 is 0 Å². The number of hydrogen-bond donors (Lipinski definition) is 2. The minimum Gasteiger partial charge on any atom is -0.497 e. The van der Waals surface area contributed by atoms with E-state index in [9.17, 15) is 0 Å². The summed E-state index contributed by atoms with van der Waals surface area (Å²) in [5.74, 6) is 1.75. The quantitative estimate of drug-likeness (QED) is 0.606. The largest absolute Gasteiger partial charge is 0.497 e. The van der Waals surface area contributed by atoms with Gasteiger partial charge in [0.15, 0.2) is 5.96 Å². The monoisotopic (exact) mass is 336 g/mol. The van der Waals surface area contributed by atoms with Crippen molar-refractivity contribution in [1.82, 2.24) is 4.90 Å². The SMILES string of the molecule is COc1ccc(OC)c(NC(N)=NCC(C)(C)N2CCOCC2)c1. The van der Waals surface area contributed by atoms with Crippen LogP contribution in [0.2, 0.25) is 0 Å².